The Balaban J connectivity index is 2.73. The first-order valence-electron chi connectivity index (χ1n) is 8.36. The number of carbonyl (C=O) groups excluding carboxylic acids is 2. The number of rotatable bonds is 7. The molecule has 0 aliphatic carbocycles. The predicted molar refractivity (Wildman–Crippen MR) is 96.9 cm³/mol. The molecule has 1 aromatic rings. The maximum atomic E-state index is 13.7. The van der Waals surface area contributed by atoms with Crippen LogP contribution in [0.25, 0.3) is 0 Å². The number of carbonyl (C=O) groups is 2. The Kier molecular flexibility index (Phi) is 7.29. The molecule has 0 saturated carbocycles. The zero-order chi connectivity index (χ0) is 20.0. The maximum Gasteiger partial charge on any atom is 0.366 e. The number of anilines is 1. The molecule has 2 amide bonds. The zero-order valence-corrected chi connectivity index (χ0v) is 15.8. The number of esters is 1. The van der Waals surface area contributed by atoms with Crippen LogP contribution in [0.5, 0.6) is 0 Å². The van der Waals surface area contributed by atoms with Gasteiger partial charge in [0.25, 0.3) is 0 Å². The van der Waals surface area contributed by atoms with E-state index in [-0.39, 0.29) is 13.0 Å². The summed E-state index contributed by atoms with van der Waals surface area (Å²) in [5.41, 5.74) is -0.856. The van der Waals surface area contributed by atoms with E-state index in [0.29, 0.717) is 5.69 Å². The van der Waals surface area contributed by atoms with Gasteiger partial charge in [-0.1, -0.05) is 13.8 Å². The van der Waals surface area contributed by atoms with E-state index >= 15 is 0 Å². The summed E-state index contributed by atoms with van der Waals surface area (Å²) >= 11 is 0. The number of benzene rings is 1. The van der Waals surface area contributed by atoms with E-state index in [1.54, 1.807) is 20.8 Å². The van der Waals surface area contributed by atoms with Gasteiger partial charge in [0.15, 0.2) is 0 Å². The van der Waals surface area contributed by atoms with Gasteiger partial charge in [-0.05, 0) is 62.9 Å². The summed E-state index contributed by atoms with van der Waals surface area (Å²) in [4.78, 5) is 23.6. The number of allylic oxidation sites excluding steroid dienone is 1. The molecule has 144 valence electrons. The highest BCUT2D eigenvalue weighted by atomic mass is 19.1. The summed E-state index contributed by atoms with van der Waals surface area (Å²) in [5.74, 6) is -2.34. The van der Waals surface area contributed by atoms with Gasteiger partial charge in [-0.25, -0.2) is 14.0 Å². The zero-order valence-electron chi connectivity index (χ0n) is 15.8. The quantitative estimate of drug-likeness (QED) is 0.548. The molecule has 0 spiro atoms. The van der Waals surface area contributed by atoms with Crippen LogP contribution in [0.4, 0.5) is 19.3 Å². The van der Waals surface area contributed by atoms with Crippen LogP contribution >= 0.6 is 0 Å². The number of hydrogen-bond donors (Lipinski definition) is 2. The van der Waals surface area contributed by atoms with Crippen molar-refractivity contribution in [3.05, 3.63) is 42.0 Å². The summed E-state index contributed by atoms with van der Waals surface area (Å²) in [6.45, 7) is 8.99. The maximum absolute atomic E-state index is 13.7. The summed E-state index contributed by atoms with van der Waals surface area (Å²) in [6, 6.07) is 4.92. The molecule has 0 atom stereocenters. The molecule has 5 nitrogen and oxygen atoms in total. The van der Waals surface area contributed by atoms with E-state index in [4.69, 9.17) is 0 Å². The fraction of sp³-hybridized carbons (Fsp3) is 0.474. The van der Waals surface area contributed by atoms with E-state index in [0.717, 1.165) is 0 Å². The molecule has 1 aromatic carbocycles. The van der Waals surface area contributed by atoms with Gasteiger partial charge in [0.2, 0.25) is 5.83 Å². The molecule has 0 bridgehead atoms. The second-order valence-corrected chi connectivity index (χ2v) is 7.07. The molecular weight excluding hydrogens is 342 g/mol. The lowest BCUT2D eigenvalue weighted by Crippen LogP contribution is -2.54. The molecular formula is C19H26F2N2O3. The van der Waals surface area contributed by atoms with E-state index in [9.17, 15) is 18.4 Å². The summed E-state index contributed by atoms with van der Waals surface area (Å²) < 4.78 is 31.3. The van der Waals surface area contributed by atoms with Crippen molar-refractivity contribution in [3.63, 3.8) is 0 Å². The monoisotopic (exact) mass is 368 g/mol. The molecule has 7 heteroatoms. The topological polar surface area (TPSA) is 67.4 Å². The lowest BCUT2D eigenvalue weighted by molar-refractivity contribution is -0.140. The van der Waals surface area contributed by atoms with Crippen molar-refractivity contribution < 1.29 is 23.1 Å². The van der Waals surface area contributed by atoms with Gasteiger partial charge in [-0.3, -0.25) is 0 Å². The minimum absolute atomic E-state index is 0.0973. The van der Waals surface area contributed by atoms with Gasteiger partial charge >= 0.3 is 12.0 Å². The van der Waals surface area contributed by atoms with Gasteiger partial charge in [-0.15, -0.1) is 0 Å². The van der Waals surface area contributed by atoms with Crippen LogP contribution in [0.15, 0.2) is 36.2 Å². The highest BCUT2D eigenvalue weighted by Gasteiger charge is 2.37. The largest absolute Gasteiger partial charge is 0.461 e. The fourth-order valence-corrected chi connectivity index (χ4v) is 2.03. The molecule has 0 aromatic heterocycles. The van der Waals surface area contributed by atoms with Crippen molar-refractivity contribution in [1.29, 1.82) is 0 Å². The van der Waals surface area contributed by atoms with Gasteiger partial charge in [0, 0.05) is 11.2 Å². The summed E-state index contributed by atoms with van der Waals surface area (Å²) in [7, 11) is 0. The van der Waals surface area contributed by atoms with Crippen molar-refractivity contribution in [2.45, 2.75) is 46.6 Å². The minimum atomic E-state index is -0.997. The first-order valence-corrected chi connectivity index (χ1v) is 8.36. The Morgan fingerprint density at radius 2 is 1.73 bits per heavy atom. The first kappa shape index (κ1) is 21.6. The lowest BCUT2D eigenvalue weighted by Gasteiger charge is -2.41. The van der Waals surface area contributed by atoms with E-state index < -0.39 is 34.6 Å². The third-order valence-corrected chi connectivity index (χ3v) is 4.48. The van der Waals surface area contributed by atoms with E-state index in [1.165, 1.54) is 30.3 Å². The average Bonchev–Trinajstić information content (AvgIpc) is 2.54. The van der Waals surface area contributed by atoms with Crippen LogP contribution in [0.3, 0.4) is 0 Å². The third kappa shape index (κ3) is 6.13. The van der Waals surface area contributed by atoms with Gasteiger partial charge in [0.05, 0.1) is 6.61 Å². The van der Waals surface area contributed by atoms with E-state index in [1.807, 2.05) is 13.8 Å². The molecule has 0 radical (unpaired) electrons. The van der Waals surface area contributed by atoms with Crippen molar-refractivity contribution in [1.82, 2.24) is 5.32 Å². The van der Waals surface area contributed by atoms with Crippen molar-refractivity contribution >= 4 is 17.7 Å². The molecule has 0 fully saturated rings. The summed E-state index contributed by atoms with van der Waals surface area (Å²) in [5, 5.41) is 5.44. The molecule has 2 N–H and O–H groups in total. The number of halogens is 2. The average molecular weight is 368 g/mol. The highest BCUT2D eigenvalue weighted by Crippen LogP contribution is 2.35. The molecule has 0 aliphatic heterocycles. The molecule has 0 saturated heterocycles. The highest BCUT2D eigenvalue weighted by molar-refractivity contribution is 5.89. The van der Waals surface area contributed by atoms with Crippen molar-refractivity contribution in [2.75, 3.05) is 11.9 Å². The normalized spacial score (nSPS) is 12.5. The Labute approximate surface area is 152 Å². The Bertz CT molecular complexity index is 668. The number of nitrogens with one attached hydrogen (secondary N) is 2. The van der Waals surface area contributed by atoms with Crippen molar-refractivity contribution in [3.8, 4) is 0 Å². The molecule has 0 unspecified atom stereocenters. The van der Waals surface area contributed by atoms with Crippen LogP contribution < -0.4 is 10.6 Å². The van der Waals surface area contributed by atoms with E-state index in [2.05, 4.69) is 15.4 Å². The third-order valence-electron chi connectivity index (χ3n) is 4.48. The lowest BCUT2D eigenvalue weighted by atomic mass is 9.72. The molecule has 26 heavy (non-hydrogen) atoms. The number of urea groups is 1. The van der Waals surface area contributed by atoms with Gasteiger partial charge in [0.1, 0.15) is 5.82 Å². The number of ether oxygens (including phenoxy) is 1. The van der Waals surface area contributed by atoms with Crippen LogP contribution in [0, 0.1) is 11.2 Å². The van der Waals surface area contributed by atoms with Gasteiger partial charge in [-0.2, -0.15) is 4.39 Å². The Hall–Kier alpha value is -2.44. The van der Waals surface area contributed by atoms with Crippen LogP contribution in [0.1, 0.15) is 41.0 Å². The first-order chi connectivity index (χ1) is 12.0. The van der Waals surface area contributed by atoms with Crippen LogP contribution in [-0.2, 0) is 9.53 Å². The number of hydrogen-bond acceptors (Lipinski definition) is 3. The van der Waals surface area contributed by atoms with Gasteiger partial charge < -0.3 is 15.4 Å². The second kappa shape index (κ2) is 8.78. The van der Waals surface area contributed by atoms with Crippen molar-refractivity contribution in [2.24, 2.45) is 5.41 Å². The smallest absolute Gasteiger partial charge is 0.366 e. The Morgan fingerprint density at radius 3 is 2.27 bits per heavy atom. The number of amides is 2. The summed E-state index contributed by atoms with van der Waals surface area (Å²) in [6.07, 6.45) is 1.38. The van der Waals surface area contributed by atoms with Crippen LogP contribution in [-0.4, -0.2) is 24.1 Å². The fourth-order valence-electron chi connectivity index (χ4n) is 2.03. The Morgan fingerprint density at radius 1 is 1.15 bits per heavy atom. The standard InChI is InChI=1S/C19H26F2N2O3/c1-6-26-16(24)15(21)11-12-18(2,3)19(4,5)23-17(25)22-14-9-7-13(20)8-10-14/h7-11H,6,12H2,1-5H3,(H2,22,23,25)/b15-11-. The predicted octanol–water partition coefficient (Wildman–Crippen LogP) is 4.56. The van der Waals surface area contributed by atoms with Crippen LogP contribution in [0.2, 0.25) is 0 Å². The SMILES string of the molecule is CCOC(=O)/C(F)=C/CC(C)(C)C(C)(C)NC(=O)Nc1ccc(F)cc1. The minimum Gasteiger partial charge on any atom is -0.461 e. The molecule has 0 aliphatic rings. The molecule has 0 heterocycles. The second-order valence-electron chi connectivity index (χ2n) is 7.07. The molecule has 1 rings (SSSR count).